The minimum absolute atomic E-state index is 0.977. The molecule has 0 atom stereocenters. The maximum Gasteiger partial charge on any atom is 0.137 e. The Labute approximate surface area is 125 Å². The number of halogens is 1. The van der Waals surface area contributed by atoms with E-state index in [1.807, 2.05) is 0 Å². The van der Waals surface area contributed by atoms with E-state index in [1.54, 1.807) is 11.8 Å². The molecule has 0 saturated heterocycles. The van der Waals surface area contributed by atoms with Gasteiger partial charge in [0.15, 0.2) is 0 Å². The van der Waals surface area contributed by atoms with Gasteiger partial charge in [0.25, 0.3) is 0 Å². The van der Waals surface area contributed by atoms with E-state index in [9.17, 15) is 0 Å². The van der Waals surface area contributed by atoms with Gasteiger partial charge in [-0.25, -0.2) is 4.98 Å². The van der Waals surface area contributed by atoms with Gasteiger partial charge in [-0.3, -0.25) is 0 Å². The van der Waals surface area contributed by atoms with Crippen LogP contribution in [0.1, 0.15) is 5.56 Å². The van der Waals surface area contributed by atoms with Gasteiger partial charge < -0.3 is 4.40 Å². The van der Waals surface area contributed by atoms with E-state index in [0.29, 0.717) is 0 Å². The Bertz CT molecular complexity index is 693. The summed E-state index contributed by atoms with van der Waals surface area (Å²) in [7, 11) is 0. The van der Waals surface area contributed by atoms with Crippen LogP contribution < -0.4 is 0 Å². The fourth-order valence-corrected chi connectivity index (χ4v) is 2.75. The molecule has 0 fully saturated rings. The van der Waals surface area contributed by atoms with Crippen molar-refractivity contribution in [3.8, 4) is 11.3 Å². The van der Waals surface area contributed by atoms with Crippen LogP contribution in [-0.2, 0) is 0 Å². The molecule has 0 amide bonds. The summed E-state index contributed by atoms with van der Waals surface area (Å²) in [6, 6.07) is 10.6. The lowest BCUT2D eigenvalue weighted by molar-refractivity contribution is 1.16. The summed E-state index contributed by atoms with van der Waals surface area (Å²) >= 11 is 5.30. The Balaban J connectivity index is 2.09. The highest BCUT2D eigenvalue weighted by atomic mass is 79.9. The van der Waals surface area contributed by atoms with Crippen molar-refractivity contribution in [2.45, 2.75) is 11.8 Å². The molecule has 2 aromatic heterocycles. The Morgan fingerprint density at radius 3 is 2.58 bits per heavy atom. The smallest absolute Gasteiger partial charge is 0.137 e. The third-order valence-corrected chi connectivity index (χ3v) is 4.70. The molecule has 4 heteroatoms. The molecule has 0 N–H and O–H groups in total. The quantitative estimate of drug-likeness (QED) is 0.627. The summed E-state index contributed by atoms with van der Waals surface area (Å²) < 4.78 is 3.15. The van der Waals surface area contributed by atoms with E-state index in [1.165, 1.54) is 10.5 Å². The van der Waals surface area contributed by atoms with E-state index < -0.39 is 0 Å². The van der Waals surface area contributed by atoms with Crippen molar-refractivity contribution in [3.63, 3.8) is 0 Å². The second-order valence-corrected chi connectivity index (χ2v) is 6.16. The van der Waals surface area contributed by atoms with Crippen molar-refractivity contribution < 1.29 is 0 Å². The van der Waals surface area contributed by atoms with Crippen molar-refractivity contribution in [1.29, 1.82) is 0 Å². The minimum atomic E-state index is 0.977. The number of benzene rings is 1. The third kappa shape index (κ3) is 2.42. The second kappa shape index (κ2) is 5.02. The van der Waals surface area contributed by atoms with Crippen LogP contribution in [0.25, 0.3) is 16.9 Å². The van der Waals surface area contributed by atoms with E-state index in [-0.39, 0.29) is 0 Å². The highest BCUT2D eigenvalue weighted by Gasteiger charge is 2.06. The van der Waals surface area contributed by atoms with Gasteiger partial charge in [0.05, 0.1) is 5.69 Å². The van der Waals surface area contributed by atoms with Crippen LogP contribution in [0.15, 0.2) is 52.1 Å². The van der Waals surface area contributed by atoms with Gasteiger partial charge in [-0.15, -0.1) is 11.8 Å². The lowest BCUT2D eigenvalue weighted by Crippen LogP contribution is -1.85. The van der Waals surface area contributed by atoms with Gasteiger partial charge in [-0.1, -0.05) is 12.1 Å². The highest BCUT2D eigenvalue weighted by molar-refractivity contribution is 9.10. The fraction of sp³-hybridized carbons (Fsp3) is 0.133. The van der Waals surface area contributed by atoms with Crippen molar-refractivity contribution in [1.82, 2.24) is 9.38 Å². The maximum atomic E-state index is 4.68. The fourth-order valence-electron chi connectivity index (χ4n) is 2.01. The zero-order valence-corrected chi connectivity index (χ0v) is 13.1. The van der Waals surface area contributed by atoms with Crippen LogP contribution in [0.5, 0.6) is 0 Å². The molecule has 0 aliphatic heterocycles. The second-order valence-electron chi connectivity index (χ2n) is 4.42. The molecule has 3 aromatic rings. The highest BCUT2D eigenvalue weighted by Crippen LogP contribution is 2.24. The number of hydrogen-bond acceptors (Lipinski definition) is 2. The van der Waals surface area contributed by atoms with Gasteiger partial charge in [-0.05, 0) is 52.9 Å². The SMILES string of the molecule is CSc1ccc(-c2cn3cc(Br)c(C)cc3n2)cc1. The largest absolute Gasteiger partial charge is 0.305 e. The molecule has 0 radical (unpaired) electrons. The van der Waals surface area contributed by atoms with E-state index in [0.717, 1.165) is 21.4 Å². The minimum Gasteiger partial charge on any atom is -0.305 e. The van der Waals surface area contributed by atoms with Crippen molar-refractivity contribution >= 4 is 33.3 Å². The van der Waals surface area contributed by atoms with Crippen LogP contribution >= 0.6 is 27.7 Å². The van der Waals surface area contributed by atoms with Crippen LogP contribution in [0.4, 0.5) is 0 Å². The Morgan fingerprint density at radius 2 is 1.89 bits per heavy atom. The van der Waals surface area contributed by atoms with Gasteiger partial charge in [0.2, 0.25) is 0 Å². The lowest BCUT2D eigenvalue weighted by Gasteiger charge is -1.98. The number of hydrogen-bond donors (Lipinski definition) is 0. The third-order valence-electron chi connectivity index (χ3n) is 3.12. The summed E-state index contributed by atoms with van der Waals surface area (Å²) in [4.78, 5) is 5.95. The molecule has 2 nitrogen and oxygen atoms in total. The number of aromatic nitrogens is 2. The molecular weight excluding hydrogens is 320 g/mol. The van der Waals surface area contributed by atoms with Gasteiger partial charge in [-0.2, -0.15) is 0 Å². The van der Waals surface area contributed by atoms with Crippen LogP contribution in [-0.4, -0.2) is 15.6 Å². The summed E-state index contributed by atoms with van der Waals surface area (Å²) in [5, 5.41) is 0. The molecule has 0 spiro atoms. The van der Waals surface area contributed by atoms with Crippen molar-refractivity contribution in [3.05, 3.63) is 52.8 Å². The number of imidazole rings is 1. The average molecular weight is 333 g/mol. The van der Waals surface area contributed by atoms with Crippen molar-refractivity contribution in [2.75, 3.05) is 6.26 Å². The average Bonchev–Trinajstić information content (AvgIpc) is 2.82. The number of thioether (sulfide) groups is 1. The molecule has 0 saturated carbocycles. The molecule has 3 rings (SSSR count). The molecule has 2 heterocycles. The number of aryl methyl sites for hydroxylation is 1. The normalized spacial score (nSPS) is 11.1. The first-order chi connectivity index (χ1) is 9.17. The first-order valence-corrected chi connectivity index (χ1v) is 7.98. The summed E-state index contributed by atoms with van der Waals surface area (Å²) in [6.07, 6.45) is 6.20. The molecule has 96 valence electrons. The number of nitrogens with zero attached hydrogens (tertiary/aromatic N) is 2. The Morgan fingerprint density at radius 1 is 1.16 bits per heavy atom. The molecule has 19 heavy (non-hydrogen) atoms. The van der Waals surface area contributed by atoms with Gasteiger partial charge >= 0.3 is 0 Å². The van der Waals surface area contributed by atoms with Crippen LogP contribution in [0.3, 0.4) is 0 Å². The zero-order chi connectivity index (χ0) is 13.4. The van der Waals surface area contributed by atoms with Gasteiger partial charge in [0.1, 0.15) is 5.65 Å². The molecule has 0 aliphatic carbocycles. The first kappa shape index (κ1) is 12.8. The van der Waals surface area contributed by atoms with Crippen LogP contribution in [0.2, 0.25) is 0 Å². The van der Waals surface area contributed by atoms with E-state index in [2.05, 4.69) is 81.2 Å². The maximum absolute atomic E-state index is 4.68. The Hall–Kier alpha value is -1.26. The summed E-state index contributed by atoms with van der Waals surface area (Å²) in [5.41, 5.74) is 4.33. The molecule has 0 aliphatic rings. The zero-order valence-electron chi connectivity index (χ0n) is 10.7. The predicted molar refractivity (Wildman–Crippen MR) is 84.8 cm³/mol. The van der Waals surface area contributed by atoms with Gasteiger partial charge in [0, 0.05) is 27.3 Å². The number of fused-ring (bicyclic) bond motifs is 1. The summed E-state index contributed by atoms with van der Waals surface area (Å²) in [6.45, 7) is 2.08. The monoisotopic (exact) mass is 332 g/mol. The molecule has 0 bridgehead atoms. The first-order valence-electron chi connectivity index (χ1n) is 5.96. The van der Waals surface area contributed by atoms with E-state index >= 15 is 0 Å². The Kier molecular flexibility index (Phi) is 3.37. The van der Waals surface area contributed by atoms with Crippen LogP contribution in [0, 0.1) is 6.92 Å². The molecule has 0 unspecified atom stereocenters. The number of pyridine rings is 1. The number of rotatable bonds is 2. The van der Waals surface area contributed by atoms with E-state index in [4.69, 9.17) is 0 Å². The predicted octanol–water partition coefficient (Wildman–Crippen LogP) is 4.79. The lowest BCUT2D eigenvalue weighted by atomic mass is 10.2. The standard InChI is InChI=1S/C15H13BrN2S/c1-10-7-15-17-14(9-18(15)8-13(10)16)11-3-5-12(19-2)6-4-11/h3-9H,1-2H3. The molecule has 1 aromatic carbocycles. The molecular formula is C15H13BrN2S. The topological polar surface area (TPSA) is 17.3 Å². The van der Waals surface area contributed by atoms with Crippen molar-refractivity contribution in [2.24, 2.45) is 0 Å². The summed E-state index contributed by atoms with van der Waals surface area (Å²) in [5.74, 6) is 0.